The van der Waals surface area contributed by atoms with E-state index in [1.807, 2.05) is 23.2 Å². The molecule has 108 valence electrons. The van der Waals surface area contributed by atoms with Crippen molar-refractivity contribution in [3.8, 4) is 0 Å². The molecule has 5 heteroatoms. The quantitative estimate of drug-likeness (QED) is 0.751. The molecule has 3 nitrogen and oxygen atoms in total. The minimum atomic E-state index is -2.40. The van der Waals surface area contributed by atoms with Crippen molar-refractivity contribution in [3.63, 3.8) is 0 Å². The number of unbranched alkanes of at least 4 members (excludes halogenated alkanes) is 1. The second kappa shape index (κ2) is 7.75. The van der Waals surface area contributed by atoms with Crippen LogP contribution in [0.15, 0.2) is 43.0 Å². The number of alkyl halides is 2. The van der Waals surface area contributed by atoms with E-state index in [0.29, 0.717) is 6.54 Å². The Balaban J connectivity index is 1.62. The van der Waals surface area contributed by atoms with Crippen molar-refractivity contribution in [1.29, 1.82) is 0 Å². The van der Waals surface area contributed by atoms with Gasteiger partial charge in [-0.1, -0.05) is 18.2 Å². The third-order valence-corrected chi connectivity index (χ3v) is 3.11. The lowest BCUT2D eigenvalue weighted by Gasteiger charge is -2.07. The Kier molecular flexibility index (Phi) is 5.68. The van der Waals surface area contributed by atoms with Gasteiger partial charge in [0.2, 0.25) is 0 Å². The molecule has 1 aromatic carbocycles. The zero-order valence-corrected chi connectivity index (χ0v) is 11.3. The molecule has 0 fully saturated rings. The number of benzene rings is 1. The number of imidazole rings is 1. The zero-order chi connectivity index (χ0) is 14.2. The maximum absolute atomic E-state index is 12.5. The number of aromatic nitrogens is 2. The molecule has 0 aliphatic heterocycles. The Morgan fingerprint density at radius 1 is 1.25 bits per heavy atom. The van der Waals surface area contributed by atoms with Crippen molar-refractivity contribution in [3.05, 3.63) is 54.1 Å². The van der Waals surface area contributed by atoms with E-state index in [4.69, 9.17) is 0 Å². The Morgan fingerprint density at radius 2 is 2.15 bits per heavy atom. The molecule has 0 bridgehead atoms. The molecule has 0 amide bonds. The average molecular weight is 279 g/mol. The summed E-state index contributed by atoms with van der Waals surface area (Å²) in [5.41, 5.74) is 0.988. The van der Waals surface area contributed by atoms with Gasteiger partial charge in [-0.05, 0) is 31.0 Å². The first-order valence-electron chi connectivity index (χ1n) is 6.79. The van der Waals surface area contributed by atoms with E-state index in [-0.39, 0.29) is 5.56 Å². The summed E-state index contributed by atoms with van der Waals surface area (Å²) in [6, 6.07) is 6.56. The van der Waals surface area contributed by atoms with Crippen LogP contribution >= 0.6 is 0 Å². The number of hydrogen-bond acceptors (Lipinski definition) is 2. The van der Waals surface area contributed by atoms with Crippen LogP contribution in [0.1, 0.15) is 30.4 Å². The van der Waals surface area contributed by atoms with Crippen LogP contribution in [0.3, 0.4) is 0 Å². The van der Waals surface area contributed by atoms with Crippen LogP contribution < -0.4 is 5.32 Å². The van der Waals surface area contributed by atoms with Gasteiger partial charge in [0.15, 0.2) is 0 Å². The van der Waals surface area contributed by atoms with E-state index < -0.39 is 6.43 Å². The summed E-state index contributed by atoms with van der Waals surface area (Å²) in [6.45, 7) is 2.47. The predicted octanol–water partition coefficient (Wildman–Crippen LogP) is 3.39. The minimum Gasteiger partial charge on any atom is -0.337 e. The summed E-state index contributed by atoms with van der Waals surface area (Å²) < 4.78 is 27.1. The average Bonchev–Trinajstić information content (AvgIpc) is 2.96. The standard InChI is InChI=1S/C15H19F2N3/c16-15(17)14-5-3-4-13(10-14)11-18-6-1-2-8-20-9-7-19-12-20/h3-5,7,9-10,12,15,18H,1-2,6,8,11H2. The number of nitrogens with one attached hydrogen (secondary N) is 1. The molecule has 2 rings (SSSR count). The van der Waals surface area contributed by atoms with Gasteiger partial charge in [0.25, 0.3) is 6.43 Å². The largest absolute Gasteiger partial charge is 0.337 e. The monoisotopic (exact) mass is 279 g/mol. The van der Waals surface area contributed by atoms with Crippen LogP contribution in [0, 0.1) is 0 Å². The first-order valence-corrected chi connectivity index (χ1v) is 6.79. The summed E-state index contributed by atoms with van der Waals surface area (Å²) in [4.78, 5) is 3.99. The van der Waals surface area contributed by atoms with Crippen LogP contribution in [0.25, 0.3) is 0 Å². The van der Waals surface area contributed by atoms with Gasteiger partial charge in [0, 0.05) is 31.0 Å². The zero-order valence-electron chi connectivity index (χ0n) is 11.3. The number of rotatable bonds is 8. The van der Waals surface area contributed by atoms with Crippen LogP contribution in [-0.2, 0) is 13.1 Å². The summed E-state index contributed by atoms with van der Waals surface area (Å²) >= 11 is 0. The van der Waals surface area contributed by atoms with Gasteiger partial charge >= 0.3 is 0 Å². The molecule has 1 aromatic heterocycles. The number of aryl methyl sites for hydroxylation is 1. The van der Waals surface area contributed by atoms with Crippen LogP contribution in [0.4, 0.5) is 8.78 Å². The molecule has 0 atom stereocenters. The highest BCUT2D eigenvalue weighted by molar-refractivity contribution is 5.24. The highest BCUT2D eigenvalue weighted by Gasteiger charge is 2.06. The van der Waals surface area contributed by atoms with Gasteiger partial charge in [0.1, 0.15) is 0 Å². The molecule has 1 N–H and O–H groups in total. The van der Waals surface area contributed by atoms with E-state index in [1.54, 1.807) is 18.3 Å². The van der Waals surface area contributed by atoms with Gasteiger partial charge in [-0.2, -0.15) is 0 Å². The molecule has 0 saturated carbocycles. The van der Waals surface area contributed by atoms with Crippen molar-refractivity contribution in [2.75, 3.05) is 6.54 Å². The van der Waals surface area contributed by atoms with Gasteiger partial charge < -0.3 is 9.88 Å². The van der Waals surface area contributed by atoms with Crippen LogP contribution in [0.2, 0.25) is 0 Å². The Bertz CT molecular complexity index is 498. The van der Waals surface area contributed by atoms with E-state index in [2.05, 4.69) is 10.3 Å². The van der Waals surface area contributed by atoms with Gasteiger partial charge in [0.05, 0.1) is 6.33 Å². The normalized spacial score (nSPS) is 11.2. The third-order valence-electron chi connectivity index (χ3n) is 3.11. The topological polar surface area (TPSA) is 29.9 Å². The van der Waals surface area contributed by atoms with Crippen LogP contribution in [0.5, 0.6) is 0 Å². The number of hydrogen-bond donors (Lipinski definition) is 1. The van der Waals surface area contributed by atoms with Crippen molar-refractivity contribution in [1.82, 2.24) is 14.9 Å². The Morgan fingerprint density at radius 3 is 2.90 bits per heavy atom. The lowest BCUT2D eigenvalue weighted by molar-refractivity contribution is 0.151. The minimum absolute atomic E-state index is 0.0874. The van der Waals surface area contributed by atoms with E-state index in [9.17, 15) is 8.78 Å². The summed E-state index contributed by atoms with van der Waals surface area (Å²) in [5, 5.41) is 3.28. The first-order chi connectivity index (χ1) is 9.75. The molecule has 0 unspecified atom stereocenters. The lowest BCUT2D eigenvalue weighted by Crippen LogP contribution is -2.15. The molecule has 20 heavy (non-hydrogen) atoms. The van der Waals surface area contributed by atoms with Crippen molar-refractivity contribution in [2.45, 2.75) is 32.4 Å². The molecule has 2 aromatic rings. The fourth-order valence-electron chi connectivity index (χ4n) is 2.03. The van der Waals surface area contributed by atoms with Gasteiger partial charge in [-0.25, -0.2) is 13.8 Å². The Hall–Kier alpha value is -1.75. The number of halogens is 2. The first kappa shape index (κ1) is 14.7. The molecular weight excluding hydrogens is 260 g/mol. The van der Waals surface area contributed by atoms with Crippen LogP contribution in [-0.4, -0.2) is 16.1 Å². The second-order valence-corrected chi connectivity index (χ2v) is 4.73. The molecular formula is C15H19F2N3. The third kappa shape index (κ3) is 4.74. The molecule has 1 heterocycles. The molecule has 0 radical (unpaired) electrons. The van der Waals surface area contributed by atoms with Gasteiger partial charge in [-0.3, -0.25) is 0 Å². The number of nitrogens with zero attached hydrogens (tertiary/aromatic N) is 2. The summed E-state index contributed by atoms with van der Waals surface area (Å²) in [7, 11) is 0. The van der Waals surface area contributed by atoms with Crippen molar-refractivity contribution in [2.24, 2.45) is 0 Å². The fraction of sp³-hybridized carbons (Fsp3) is 0.400. The summed E-state index contributed by atoms with van der Waals surface area (Å²) in [5.74, 6) is 0. The summed E-state index contributed by atoms with van der Waals surface area (Å²) in [6.07, 6.45) is 5.25. The highest BCUT2D eigenvalue weighted by Crippen LogP contribution is 2.19. The SMILES string of the molecule is FC(F)c1cccc(CNCCCCn2ccnc2)c1. The van der Waals surface area contributed by atoms with E-state index in [1.165, 1.54) is 6.07 Å². The fourth-order valence-corrected chi connectivity index (χ4v) is 2.03. The molecule has 0 aliphatic carbocycles. The second-order valence-electron chi connectivity index (χ2n) is 4.73. The van der Waals surface area contributed by atoms with Crippen molar-refractivity contribution < 1.29 is 8.78 Å². The van der Waals surface area contributed by atoms with Crippen molar-refractivity contribution >= 4 is 0 Å². The molecule has 0 saturated heterocycles. The molecule has 0 aliphatic rings. The van der Waals surface area contributed by atoms with E-state index in [0.717, 1.165) is 31.5 Å². The highest BCUT2D eigenvalue weighted by atomic mass is 19.3. The lowest BCUT2D eigenvalue weighted by atomic mass is 10.1. The van der Waals surface area contributed by atoms with Gasteiger partial charge in [-0.15, -0.1) is 0 Å². The predicted molar refractivity (Wildman–Crippen MR) is 74.6 cm³/mol. The molecule has 0 spiro atoms. The maximum atomic E-state index is 12.5. The smallest absolute Gasteiger partial charge is 0.263 e. The Labute approximate surface area is 117 Å². The maximum Gasteiger partial charge on any atom is 0.263 e. The van der Waals surface area contributed by atoms with E-state index >= 15 is 0 Å².